The summed E-state index contributed by atoms with van der Waals surface area (Å²) < 4.78 is 5.42. The van der Waals surface area contributed by atoms with Crippen LogP contribution in [0.15, 0.2) is 60.9 Å². The van der Waals surface area contributed by atoms with Crippen LogP contribution in [0.25, 0.3) is 0 Å². The van der Waals surface area contributed by atoms with E-state index in [4.69, 9.17) is 4.74 Å². The van der Waals surface area contributed by atoms with Gasteiger partial charge in [-0.1, -0.05) is 30.3 Å². The van der Waals surface area contributed by atoms with Gasteiger partial charge in [-0.2, -0.15) is 0 Å². The van der Waals surface area contributed by atoms with Crippen LogP contribution in [0.1, 0.15) is 15.9 Å². The van der Waals surface area contributed by atoms with Gasteiger partial charge in [0.2, 0.25) is 5.95 Å². The maximum atomic E-state index is 12.7. The maximum absolute atomic E-state index is 12.7. The molecular formula is C22H23N5O2. The summed E-state index contributed by atoms with van der Waals surface area (Å²) in [5, 5.41) is 6.15. The average molecular weight is 389 g/mol. The number of carbonyl (C=O) groups excluding carboxylic acids is 1. The molecule has 1 amide bonds. The van der Waals surface area contributed by atoms with Gasteiger partial charge in [0.05, 0.1) is 30.2 Å². The minimum Gasteiger partial charge on any atom is -0.378 e. The van der Waals surface area contributed by atoms with Crippen LogP contribution in [0.5, 0.6) is 0 Å². The van der Waals surface area contributed by atoms with Gasteiger partial charge in [0.15, 0.2) is 0 Å². The van der Waals surface area contributed by atoms with Gasteiger partial charge >= 0.3 is 0 Å². The van der Waals surface area contributed by atoms with E-state index in [0.717, 1.165) is 35.7 Å². The third-order valence-electron chi connectivity index (χ3n) is 4.81. The van der Waals surface area contributed by atoms with Gasteiger partial charge < -0.3 is 20.3 Å². The van der Waals surface area contributed by atoms with Crippen LogP contribution in [0, 0.1) is 6.92 Å². The summed E-state index contributed by atoms with van der Waals surface area (Å²) in [5.74, 6) is 0.206. The zero-order chi connectivity index (χ0) is 20.1. The molecule has 0 bridgehead atoms. The van der Waals surface area contributed by atoms with Gasteiger partial charge in [0.25, 0.3) is 5.91 Å². The number of rotatable bonds is 5. The number of para-hydroxylation sites is 3. The van der Waals surface area contributed by atoms with Crippen molar-refractivity contribution in [1.82, 2.24) is 9.97 Å². The number of aryl methyl sites for hydroxylation is 1. The molecule has 1 aliphatic rings. The number of carbonyl (C=O) groups is 1. The van der Waals surface area contributed by atoms with E-state index < -0.39 is 0 Å². The Morgan fingerprint density at radius 2 is 1.62 bits per heavy atom. The quantitative estimate of drug-likeness (QED) is 0.694. The molecule has 1 aromatic heterocycles. The molecule has 7 heteroatoms. The molecule has 1 fully saturated rings. The predicted octanol–water partition coefficient (Wildman–Crippen LogP) is 3.62. The molecule has 0 atom stereocenters. The lowest BCUT2D eigenvalue weighted by atomic mass is 10.2. The molecule has 29 heavy (non-hydrogen) atoms. The SMILES string of the molecule is Cc1ccccc1Nc1ncc(C(=O)Nc2ccccc2N2CCOCC2)cn1. The molecule has 148 valence electrons. The number of benzene rings is 2. The van der Waals surface area contributed by atoms with Gasteiger partial charge in [-0.3, -0.25) is 4.79 Å². The van der Waals surface area contributed by atoms with Crippen LogP contribution in [0.3, 0.4) is 0 Å². The smallest absolute Gasteiger partial charge is 0.258 e. The highest BCUT2D eigenvalue weighted by molar-refractivity contribution is 6.05. The molecule has 2 heterocycles. The van der Waals surface area contributed by atoms with Crippen molar-refractivity contribution in [2.24, 2.45) is 0 Å². The Balaban J connectivity index is 1.46. The lowest BCUT2D eigenvalue weighted by molar-refractivity contribution is 0.102. The summed E-state index contributed by atoms with van der Waals surface area (Å²) in [5.41, 5.74) is 4.18. The summed E-state index contributed by atoms with van der Waals surface area (Å²) in [6.45, 7) is 4.98. The van der Waals surface area contributed by atoms with E-state index in [2.05, 4.69) is 25.5 Å². The first-order valence-electron chi connectivity index (χ1n) is 9.58. The molecule has 2 N–H and O–H groups in total. The van der Waals surface area contributed by atoms with Gasteiger partial charge in [0.1, 0.15) is 0 Å². The summed E-state index contributed by atoms with van der Waals surface area (Å²) >= 11 is 0. The van der Waals surface area contributed by atoms with Gasteiger partial charge in [-0.25, -0.2) is 9.97 Å². The molecule has 1 aliphatic heterocycles. The van der Waals surface area contributed by atoms with Crippen molar-refractivity contribution in [3.05, 3.63) is 72.1 Å². The minimum absolute atomic E-state index is 0.242. The highest BCUT2D eigenvalue weighted by atomic mass is 16.5. The van der Waals surface area contributed by atoms with Crippen LogP contribution in [-0.4, -0.2) is 42.2 Å². The van der Waals surface area contributed by atoms with Crippen LogP contribution in [-0.2, 0) is 4.74 Å². The average Bonchev–Trinajstić information content (AvgIpc) is 2.77. The van der Waals surface area contributed by atoms with Crippen LogP contribution in [0.4, 0.5) is 23.0 Å². The molecule has 7 nitrogen and oxygen atoms in total. The zero-order valence-electron chi connectivity index (χ0n) is 16.3. The van der Waals surface area contributed by atoms with Gasteiger partial charge in [0, 0.05) is 31.2 Å². The van der Waals surface area contributed by atoms with E-state index >= 15 is 0 Å². The standard InChI is InChI=1S/C22H23N5O2/c1-16-6-2-3-7-18(16)26-22-23-14-17(15-24-22)21(28)25-19-8-4-5-9-20(19)27-10-12-29-13-11-27/h2-9,14-15H,10-13H2,1H3,(H,25,28)(H,23,24,26). The maximum Gasteiger partial charge on any atom is 0.258 e. The Bertz CT molecular complexity index is 985. The number of amides is 1. The molecule has 1 saturated heterocycles. The number of nitrogens with one attached hydrogen (secondary N) is 2. The molecule has 0 radical (unpaired) electrons. The van der Waals surface area contributed by atoms with E-state index in [1.54, 1.807) is 0 Å². The normalized spacial score (nSPS) is 13.8. The Labute approximate surface area is 169 Å². The number of morpholine rings is 1. The van der Waals surface area contributed by atoms with Gasteiger partial charge in [-0.05, 0) is 30.7 Å². The first-order chi connectivity index (χ1) is 14.2. The second kappa shape index (κ2) is 8.70. The summed E-state index contributed by atoms with van der Waals surface area (Å²) in [6, 6.07) is 15.7. The minimum atomic E-state index is -0.242. The largest absolute Gasteiger partial charge is 0.378 e. The predicted molar refractivity (Wildman–Crippen MR) is 114 cm³/mol. The second-order valence-electron chi connectivity index (χ2n) is 6.81. The fraction of sp³-hybridized carbons (Fsp3) is 0.227. The molecule has 4 rings (SSSR count). The Hall–Kier alpha value is -3.45. The second-order valence-corrected chi connectivity index (χ2v) is 6.81. The van der Waals surface area contributed by atoms with E-state index in [1.165, 1.54) is 12.4 Å². The van der Waals surface area contributed by atoms with E-state index in [9.17, 15) is 4.79 Å². The zero-order valence-corrected chi connectivity index (χ0v) is 16.3. The highest BCUT2D eigenvalue weighted by Crippen LogP contribution is 2.27. The number of hydrogen-bond acceptors (Lipinski definition) is 6. The lowest BCUT2D eigenvalue weighted by Gasteiger charge is -2.30. The van der Waals surface area contributed by atoms with Crippen LogP contribution in [0.2, 0.25) is 0 Å². The number of anilines is 4. The Morgan fingerprint density at radius 3 is 2.34 bits per heavy atom. The van der Waals surface area contributed by atoms with Crippen molar-refractivity contribution in [3.63, 3.8) is 0 Å². The fourth-order valence-electron chi connectivity index (χ4n) is 3.20. The molecule has 0 aliphatic carbocycles. The third-order valence-corrected chi connectivity index (χ3v) is 4.81. The number of ether oxygens (including phenoxy) is 1. The summed E-state index contributed by atoms with van der Waals surface area (Å²) in [6.07, 6.45) is 3.06. The number of hydrogen-bond donors (Lipinski definition) is 2. The lowest BCUT2D eigenvalue weighted by Crippen LogP contribution is -2.36. The molecule has 2 aromatic carbocycles. The van der Waals surface area contributed by atoms with Crippen molar-refractivity contribution in [2.45, 2.75) is 6.92 Å². The highest BCUT2D eigenvalue weighted by Gasteiger charge is 2.16. The Morgan fingerprint density at radius 1 is 0.966 bits per heavy atom. The fourth-order valence-corrected chi connectivity index (χ4v) is 3.20. The van der Waals surface area contributed by atoms with Crippen molar-refractivity contribution in [3.8, 4) is 0 Å². The first kappa shape index (κ1) is 18.9. The van der Waals surface area contributed by atoms with Crippen LogP contribution < -0.4 is 15.5 Å². The molecule has 0 spiro atoms. The number of aromatic nitrogens is 2. The van der Waals surface area contributed by atoms with Crippen molar-refractivity contribution in [1.29, 1.82) is 0 Å². The van der Waals surface area contributed by atoms with Gasteiger partial charge in [-0.15, -0.1) is 0 Å². The monoisotopic (exact) mass is 389 g/mol. The number of nitrogens with zero attached hydrogens (tertiary/aromatic N) is 3. The summed E-state index contributed by atoms with van der Waals surface area (Å²) in [4.78, 5) is 23.5. The topological polar surface area (TPSA) is 79.4 Å². The summed E-state index contributed by atoms with van der Waals surface area (Å²) in [7, 11) is 0. The molecule has 0 saturated carbocycles. The van der Waals surface area contributed by atoms with E-state index in [1.807, 2.05) is 55.5 Å². The Kier molecular flexibility index (Phi) is 5.67. The third kappa shape index (κ3) is 4.52. The van der Waals surface area contributed by atoms with Crippen molar-refractivity contribution < 1.29 is 9.53 Å². The first-order valence-corrected chi connectivity index (χ1v) is 9.58. The van der Waals surface area contributed by atoms with E-state index in [0.29, 0.717) is 24.7 Å². The van der Waals surface area contributed by atoms with Crippen LogP contribution >= 0.6 is 0 Å². The molecular weight excluding hydrogens is 366 g/mol. The van der Waals surface area contributed by atoms with Crippen molar-refractivity contribution >= 4 is 28.9 Å². The van der Waals surface area contributed by atoms with E-state index in [-0.39, 0.29) is 5.91 Å². The molecule has 0 unspecified atom stereocenters. The van der Waals surface area contributed by atoms with Crippen molar-refractivity contribution in [2.75, 3.05) is 41.8 Å². The molecule has 3 aromatic rings.